The second kappa shape index (κ2) is 5.63. The minimum Gasteiger partial charge on any atom is -0.507 e. The highest BCUT2D eigenvalue weighted by molar-refractivity contribution is 9.10. The van der Waals surface area contributed by atoms with Gasteiger partial charge in [-0.25, -0.2) is 9.97 Å². The predicted octanol–water partition coefficient (Wildman–Crippen LogP) is 5.08. The van der Waals surface area contributed by atoms with Gasteiger partial charge in [0.1, 0.15) is 16.7 Å². The van der Waals surface area contributed by atoms with Gasteiger partial charge in [-0.05, 0) is 46.6 Å². The highest BCUT2D eigenvalue weighted by atomic mass is 79.9. The molecule has 9 heteroatoms. The van der Waals surface area contributed by atoms with Crippen LogP contribution in [0, 0.1) is 6.92 Å². The van der Waals surface area contributed by atoms with E-state index in [1.807, 2.05) is 0 Å². The summed E-state index contributed by atoms with van der Waals surface area (Å²) in [4.78, 5) is 8.43. The van der Waals surface area contributed by atoms with Crippen LogP contribution in [0.3, 0.4) is 0 Å². The van der Waals surface area contributed by atoms with E-state index in [0.717, 1.165) is 6.07 Å². The molecule has 0 aliphatic heterocycles. The number of rotatable bonds is 1. The molecule has 0 amide bonds. The number of aromatic nitrogens is 3. The van der Waals surface area contributed by atoms with E-state index in [4.69, 9.17) is 11.6 Å². The normalized spacial score (nSPS) is 12.1. The summed E-state index contributed by atoms with van der Waals surface area (Å²) in [6, 6.07) is 3.38. The summed E-state index contributed by atoms with van der Waals surface area (Å²) in [5, 5.41) is 10.4. The monoisotopic (exact) mass is 419 g/mol. The lowest BCUT2D eigenvalue weighted by Crippen LogP contribution is -2.06. The van der Waals surface area contributed by atoms with Crippen molar-refractivity contribution in [3.8, 4) is 17.1 Å². The number of aromatic hydroxyl groups is 1. The molecular formula is C15H10BrClF3N3O. The molecule has 1 N–H and O–H groups in total. The largest absolute Gasteiger partial charge is 0.507 e. The van der Waals surface area contributed by atoms with Crippen molar-refractivity contribution in [2.75, 3.05) is 0 Å². The Morgan fingerprint density at radius 2 is 1.88 bits per heavy atom. The number of phenols is 1. The highest BCUT2D eigenvalue weighted by Crippen LogP contribution is 2.39. The number of halogens is 5. The third kappa shape index (κ3) is 2.73. The number of imidazole rings is 1. The maximum Gasteiger partial charge on any atom is 0.416 e. The topological polar surface area (TPSA) is 50.9 Å². The summed E-state index contributed by atoms with van der Waals surface area (Å²) in [7, 11) is 1.68. The van der Waals surface area contributed by atoms with Gasteiger partial charge in [-0.1, -0.05) is 11.6 Å². The van der Waals surface area contributed by atoms with Crippen LogP contribution < -0.4 is 0 Å². The molecule has 24 heavy (non-hydrogen) atoms. The number of aryl methyl sites for hydroxylation is 2. The molecule has 2 aromatic heterocycles. The molecule has 0 saturated heterocycles. The van der Waals surface area contributed by atoms with Gasteiger partial charge in [0, 0.05) is 7.05 Å². The molecule has 0 bridgehead atoms. The molecular weight excluding hydrogens is 411 g/mol. The fraction of sp³-hybridized carbons (Fsp3) is 0.200. The van der Waals surface area contributed by atoms with Crippen LogP contribution in [0.5, 0.6) is 5.75 Å². The van der Waals surface area contributed by atoms with Gasteiger partial charge in [0.2, 0.25) is 0 Å². The number of benzene rings is 1. The lowest BCUT2D eigenvalue weighted by atomic mass is 10.0. The maximum absolute atomic E-state index is 12.9. The Labute approximate surface area is 148 Å². The summed E-state index contributed by atoms with van der Waals surface area (Å²) >= 11 is 9.21. The minimum absolute atomic E-state index is 0.218. The van der Waals surface area contributed by atoms with Crippen LogP contribution in [-0.4, -0.2) is 19.6 Å². The van der Waals surface area contributed by atoms with Crippen molar-refractivity contribution in [2.45, 2.75) is 13.1 Å². The van der Waals surface area contributed by atoms with Gasteiger partial charge in [0.15, 0.2) is 5.65 Å². The van der Waals surface area contributed by atoms with E-state index in [-0.39, 0.29) is 16.3 Å². The molecule has 0 saturated carbocycles. The van der Waals surface area contributed by atoms with Crippen molar-refractivity contribution in [2.24, 2.45) is 7.05 Å². The number of hydrogen-bond donors (Lipinski definition) is 1. The van der Waals surface area contributed by atoms with E-state index in [0.29, 0.717) is 27.5 Å². The first kappa shape index (κ1) is 17.0. The zero-order valence-electron chi connectivity index (χ0n) is 12.4. The Morgan fingerprint density at radius 1 is 1.21 bits per heavy atom. The van der Waals surface area contributed by atoms with E-state index >= 15 is 0 Å². The first-order chi connectivity index (χ1) is 11.1. The zero-order chi connectivity index (χ0) is 17.8. The lowest BCUT2D eigenvalue weighted by Gasteiger charge is -2.13. The summed E-state index contributed by atoms with van der Waals surface area (Å²) in [5.41, 5.74) is 0.518. The number of pyridine rings is 1. The Kier molecular flexibility index (Phi) is 4.00. The Hall–Kier alpha value is -1.80. The van der Waals surface area contributed by atoms with Gasteiger partial charge in [-0.2, -0.15) is 13.2 Å². The standard InChI is InChI=1S/C15H10BrClF3N3O/c1-6-3-7(15(18,19)20)4-10(24)11(6)14-22-13-9(23(14)2)5-8(16)12(17)21-13/h3-5,24H,1-2H3. The molecule has 3 rings (SSSR count). The van der Waals surface area contributed by atoms with Crippen molar-refractivity contribution in [1.82, 2.24) is 14.5 Å². The molecule has 0 radical (unpaired) electrons. The van der Waals surface area contributed by atoms with E-state index in [1.165, 1.54) is 6.92 Å². The number of hydrogen-bond acceptors (Lipinski definition) is 3. The molecule has 0 fully saturated rings. The van der Waals surface area contributed by atoms with E-state index in [9.17, 15) is 18.3 Å². The van der Waals surface area contributed by atoms with Crippen LogP contribution in [0.2, 0.25) is 5.15 Å². The third-order valence-corrected chi connectivity index (χ3v) is 4.77. The average Bonchev–Trinajstić information content (AvgIpc) is 2.75. The zero-order valence-corrected chi connectivity index (χ0v) is 14.8. The first-order valence-electron chi connectivity index (χ1n) is 6.69. The first-order valence-corrected chi connectivity index (χ1v) is 7.86. The number of phenolic OH excluding ortho intramolecular Hbond substituents is 1. The van der Waals surface area contributed by atoms with E-state index < -0.39 is 17.5 Å². The van der Waals surface area contributed by atoms with Gasteiger partial charge in [0.05, 0.1) is 21.1 Å². The molecule has 0 atom stereocenters. The summed E-state index contributed by atoms with van der Waals surface area (Å²) in [6.07, 6.45) is -4.53. The Bertz CT molecular complexity index is 946. The van der Waals surface area contributed by atoms with Crippen molar-refractivity contribution in [3.63, 3.8) is 0 Å². The van der Waals surface area contributed by atoms with E-state index in [2.05, 4.69) is 25.9 Å². The van der Waals surface area contributed by atoms with Crippen LogP contribution in [0.25, 0.3) is 22.6 Å². The van der Waals surface area contributed by atoms with Crippen LogP contribution in [0.4, 0.5) is 13.2 Å². The lowest BCUT2D eigenvalue weighted by molar-refractivity contribution is -0.137. The molecule has 0 aliphatic carbocycles. The number of alkyl halides is 3. The molecule has 0 unspecified atom stereocenters. The third-order valence-electron chi connectivity index (χ3n) is 3.65. The highest BCUT2D eigenvalue weighted by Gasteiger charge is 2.32. The average molecular weight is 421 g/mol. The molecule has 4 nitrogen and oxygen atoms in total. The summed E-state index contributed by atoms with van der Waals surface area (Å²) < 4.78 is 40.8. The van der Waals surface area contributed by atoms with Gasteiger partial charge in [-0.3, -0.25) is 0 Å². The quantitative estimate of drug-likeness (QED) is 0.558. The number of nitrogens with zero attached hydrogens (tertiary/aromatic N) is 3. The Morgan fingerprint density at radius 3 is 2.46 bits per heavy atom. The van der Waals surface area contributed by atoms with Crippen LogP contribution in [0.1, 0.15) is 11.1 Å². The maximum atomic E-state index is 12.9. The second-order valence-corrected chi connectivity index (χ2v) is 6.50. The molecule has 126 valence electrons. The summed E-state index contributed by atoms with van der Waals surface area (Å²) in [6.45, 7) is 1.49. The van der Waals surface area contributed by atoms with Crippen LogP contribution in [-0.2, 0) is 13.2 Å². The van der Waals surface area contributed by atoms with Crippen molar-refractivity contribution in [3.05, 3.63) is 39.0 Å². The van der Waals surface area contributed by atoms with Gasteiger partial charge in [0.25, 0.3) is 0 Å². The van der Waals surface area contributed by atoms with E-state index in [1.54, 1.807) is 17.7 Å². The molecule has 0 aliphatic rings. The predicted molar refractivity (Wildman–Crippen MR) is 88.1 cm³/mol. The molecule has 1 aromatic carbocycles. The van der Waals surface area contributed by atoms with Gasteiger partial charge >= 0.3 is 6.18 Å². The van der Waals surface area contributed by atoms with Crippen molar-refractivity contribution in [1.29, 1.82) is 0 Å². The van der Waals surface area contributed by atoms with Crippen LogP contribution in [0.15, 0.2) is 22.7 Å². The fourth-order valence-electron chi connectivity index (χ4n) is 2.51. The SMILES string of the molecule is Cc1cc(C(F)(F)F)cc(O)c1-c1nc2nc(Cl)c(Br)cc2n1C. The van der Waals surface area contributed by atoms with Crippen LogP contribution >= 0.6 is 27.5 Å². The van der Waals surface area contributed by atoms with Crippen molar-refractivity contribution >= 4 is 38.7 Å². The molecule has 3 aromatic rings. The molecule has 0 spiro atoms. The van der Waals surface area contributed by atoms with Gasteiger partial charge in [-0.15, -0.1) is 0 Å². The molecule has 2 heterocycles. The Balaban J connectivity index is 2.26. The number of fused-ring (bicyclic) bond motifs is 1. The van der Waals surface area contributed by atoms with Gasteiger partial charge < -0.3 is 9.67 Å². The second-order valence-electron chi connectivity index (χ2n) is 5.28. The minimum atomic E-state index is -4.53. The summed E-state index contributed by atoms with van der Waals surface area (Å²) in [5.74, 6) is -0.193. The smallest absolute Gasteiger partial charge is 0.416 e. The van der Waals surface area contributed by atoms with Crippen molar-refractivity contribution < 1.29 is 18.3 Å². The fourth-order valence-corrected chi connectivity index (χ4v) is 2.95.